The van der Waals surface area contributed by atoms with Crippen LogP contribution < -0.4 is 20.1 Å². The molecule has 0 aromatic heterocycles. The van der Waals surface area contributed by atoms with Crippen molar-refractivity contribution in [1.29, 1.82) is 0 Å². The number of non-ortho nitro benzene ring substituents is 1. The molecule has 31 heavy (non-hydrogen) atoms. The minimum atomic E-state index is -1.13. The number of hydrogen-bond acceptors (Lipinski definition) is 8. The summed E-state index contributed by atoms with van der Waals surface area (Å²) in [5.41, 5.74) is 0.210. The molecule has 1 aliphatic rings. The molecule has 162 valence electrons. The van der Waals surface area contributed by atoms with E-state index in [9.17, 15) is 24.5 Å². The number of nitro benzene ring substituents is 1. The molecule has 0 saturated heterocycles. The molecular formula is C20H19N3O8. The van der Waals surface area contributed by atoms with E-state index in [1.165, 1.54) is 25.1 Å². The normalized spacial score (nSPS) is 12.9. The largest absolute Gasteiger partial charge is 0.486 e. The SMILES string of the molecule is CC(OC(=O)CNC(=O)c1cccc([N+](=O)[O-])c1)C(=O)Nc1ccc2c(c1)OCCO2. The zero-order valence-electron chi connectivity index (χ0n) is 16.5. The van der Waals surface area contributed by atoms with Gasteiger partial charge in [0.05, 0.1) is 4.92 Å². The number of hydrogen-bond donors (Lipinski definition) is 2. The number of carbonyl (C=O) groups excluding carboxylic acids is 3. The number of ether oxygens (including phenoxy) is 3. The number of carbonyl (C=O) groups is 3. The average Bonchev–Trinajstić information content (AvgIpc) is 2.77. The highest BCUT2D eigenvalue weighted by Gasteiger charge is 2.20. The quantitative estimate of drug-likeness (QED) is 0.384. The van der Waals surface area contributed by atoms with E-state index in [0.717, 1.165) is 6.07 Å². The van der Waals surface area contributed by atoms with Crippen molar-refractivity contribution in [2.45, 2.75) is 13.0 Å². The van der Waals surface area contributed by atoms with Crippen molar-refractivity contribution in [2.24, 2.45) is 0 Å². The molecule has 0 saturated carbocycles. The van der Waals surface area contributed by atoms with Crippen molar-refractivity contribution in [3.63, 3.8) is 0 Å². The second-order valence-corrected chi connectivity index (χ2v) is 6.47. The van der Waals surface area contributed by atoms with Gasteiger partial charge >= 0.3 is 5.97 Å². The van der Waals surface area contributed by atoms with Crippen LogP contribution in [0.15, 0.2) is 42.5 Å². The molecule has 11 heteroatoms. The molecule has 11 nitrogen and oxygen atoms in total. The van der Waals surface area contributed by atoms with E-state index in [-0.39, 0.29) is 11.3 Å². The van der Waals surface area contributed by atoms with Gasteiger partial charge in [0.15, 0.2) is 17.6 Å². The van der Waals surface area contributed by atoms with Crippen molar-refractivity contribution < 1.29 is 33.5 Å². The fraction of sp³-hybridized carbons (Fsp3) is 0.250. The number of fused-ring (bicyclic) bond motifs is 1. The molecule has 1 aliphatic heterocycles. The lowest BCUT2D eigenvalue weighted by Crippen LogP contribution is -2.35. The van der Waals surface area contributed by atoms with Crippen LogP contribution in [0.5, 0.6) is 11.5 Å². The summed E-state index contributed by atoms with van der Waals surface area (Å²) in [7, 11) is 0. The molecule has 1 unspecified atom stereocenters. The number of rotatable bonds is 7. The number of nitro groups is 1. The number of esters is 1. The van der Waals surface area contributed by atoms with Crippen molar-refractivity contribution in [2.75, 3.05) is 25.1 Å². The minimum absolute atomic E-state index is 0.0198. The highest BCUT2D eigenvalue weighted by molar-refractivity contribution is 5.97. The third-order valence-electron chi connectivity index (χ3n) is 4.20. The van der Waals surface area contributed by atoms with Gasteiger partial charge in [0.1, 0.15) is 19.8 Å². The van der Waals surface area contributed by atoms with E-state index in [4.69, 9.17) is 14.2 Å². The fourth-order valence-electron chi connectivity index (χ4n) is 2.67. The summed E-state index contributed by atoms with van der Waals surface area (Å²) in [5, 5.41) is 15.7. The maximum absolute atomic E-state index is 12.3. The summed E-state index contributed by atoms with van der Waals surface area (Å²) in [6.45, 7) is 1.72. The summed E-state index contributed by atoms with van der Waals surface area (Å²) in [5.74, 6) is -1.03. The van der Waals surface area contributed by atoms with Crippen LogP contribution in [0, 0.1) is 10.1 Å². The summed E-state index contributed by atoms with van der Waals surface area (Å²) in [6.07, 6.45) is -1.13. The van der Waals surface area contributed by atoms with Gasteiger partial charge in [0.2, 0.25) is 0 Å². The Labute approximate surface area is 176 Å². The molecule has 0 spiro atoms. The molecule has 0 bridgehead atoms. The van der Waals surface area contributed by atoms with E-state index in [2.05, 4.69) is 10.6 Å². The number of benzene rings is 2. The second-order valence-electron chi connectivity index (χ2n) is 6.47. The summed E-state index contributed by atoms with van der Waals surface area (Å²) in [4.78, 5) is 46.4. The third kappa shape index (κ3) is 5.69. The van der Waals surface area contributed by atoms with Crippen LogP contribution in [0.1, 0.15) is 17.3 Å². The van der Waals surface area contributed by atoms with Crippen LogP contribution in [-0.2, 0) is 14.3 Å². The van der Waals surface area contributed by atoms with Gasteiger partial charge in [-0.25, -0.2) is 0 Å². The Kier molecular flexibility index (Phi) is 6.65. The standard InChI is InChI=1S/C20H19N3O8/c1-12(19(25)22-14-5-6-16-17(10-14)30-8-7-29-16)31-18(24)11-21-20(26)13-3-2-4-15(9-13)23(27)28/h2-6,9-10,12H,7-8,11H2,1H3,(H,21,26)(H,22,25). The highest BCUT2D eigenvalue weighted by atomic mass is 16.6. The molecule has 1 heterocycles. The minimum Gasteiger partial charge on any atom is -0.486 e. The van der Waals surface area contributed by atoms with Gasteiger partial charge in [0.25, 0.3) is 17.5 Å². The van der Waals surface area contributed by atoms with Crippen LogP contribution in [0.25, 0.3) is 0 Å². The van der Waals surface area contributed by atoms with E-state index in [0.29, 0.717) is 30.4 Å². The molecule has 1 atom stereocenters. The van der Waals surface area contributed by atoms with Crippen molar-refractivity contribution in [1.82, 2.24) is 5.32 Å². The Morgan fingerprint density at radius 1 is 1.13 bits per heavy atom. The first-order valence-electron chi connectivity index (χ1n) is 9.26. The first-order chi connectivity index (χ1) is 14.8. The lowest BCUT2D eigenvalue weighted by Gasteiger charge is -2.19. The van der Waals surface area contributed by atoms with E-state index in [1.54, 1.807) is 18.2 Å². The van der Waals surface area contributed by atoms with Gasteiger partial charge in [-0.1, -0.05) is 6.07 Å². The zero-order valence-corrected chi connectivity index (χ0v) is 16.5. The maximum Gasteiger partial charge on any atom is 0.326 e. The molecule has 0 fully saturated rings. The van der Waals surface area contributed by atoms with Crippen LogP contribution in [0.4, 0.5) is 11.4 Å². The molecule has 2 amide bonds. The lowest BCUT2D eigenvalue weighted by atomic mass is 10.2. The maximum atomic E-state index is 12.3. The van der Waals surface area contributed by atoms with Crippen molar-refractivity contribution in [3.05, 3.63) is 58.1 Å². The Morgan fingerprint density at radius 2 is 1.87 bits per heavy atom. The Morgan fingerprint density at radius 3 is 2.61 bits per heavy atom. The number of anilines is 1. The molecular weight excluding hydrogens is 410 g/mol. The molecule has 2 aromatic carbocycles. The zero-order chi connectivity index (χ0) is 22.4. The number of nitrogens with zero attached hydrogens (tertiary/aromatic N) is 1. The van der Waals surface area contributed by atoms with Crippen LogP contribution in [0.2, 0.25) is 0 Å². The predicted octanol–water partition coefficient (Wildman–Crippen LogP) is 1.67. The third-order valence-corrected chi connectivity index (χ3v) is 4.20. The predicted molar refractivity (Wildman–Crippen MR) is 107 cm³/mol. The lowest BCUT2D eigenvalue weighted by molar-refractivity contribution is -0.384. The van der Waals surface area contributed by atoms with Crippen molar-refractivity contribution >= 4 is 29.2 Å². The number of amides is 2. The fourth-order valence-corrected chi connectivity index (χ4v) is 2.67. The Bertz CT molecular complexity index is 1020. The van der Waals surface area contributed by atoms with E-state index < -0.39 is 35.4 Å². The Balaban J connectivity index is 1.48. The molecule has 0 radical (unpaired) electrons. The smallest absolute Gasteiger partial charge is 0.326 e. The first kappa shape index (κ1) is 21.6. The van der Waals surface area contributed by atoms with Gasteiger partial charge in [0, 0.05) is 29.4 Å². The monoisotopic (exact) mass is 429 g/mol. The van der Waals surface area contributed by atoms with Crippen LogP contribution >= 0.6 is 0 Å². The van der Waals surface area contributed by atoms with E-state index >= 15 is 0 Å². The van der Waals surface area contributed by atoms with Gasteiger partial charge in [-0.15, -0.1) is 0 Å². The highest BCUT2D eigenvalue weighted by Crippen LogP contribution is 2.32. The molecule has 2 aromatic rings. The Hall–Kier alpha value is -4.15. The summed E-state index contributed by atoms with van der Waals surface area (Å²) >= 11 is 0. The molecule has 2 N–H and O–H groups in total. The van der Waals surface area contributed by atoms with Crippen LogP contribution in [0.3, 0.4) is 0 Å². The molecule has 3 rings (SSSR count). The van der Waals surface area contributed by atoms with Crippen LogP contribution in [-0.4, -0.2) is 48.6 Å². The van der Waals surface area contributed by atoms with Gasteiger partial charge in [-0.05, 0) is 25.1 Å². The number of nitrogens with one attached hydrogen (secondary N) is 2. The molecule has 0 aliphatic carbocycles. The van der Waals surface area contributed by atoms with Gasteiger partial charge < -0.3 is 24.8 Å². The summed E-state index contributed by atoms with van der Waals surface area (Å²) < 4.78 is 15.9. The first-order valence-corrected chi connectivity index (χ1v) is 9.26. The summed E-state index contributed by atoms with van der Waals surface area (Å²) in [6, 6.07) is 9.94. The van der Waals surface area contributed by atoms with E-state index in [1.807, 2.05) is 0 Å². The van der Waals surface area contributed by atoms with Gasteiger partial charge in [-0.2, -0.15) is 0 Å². The van der Waals surface area contributed by atoms with Crippen molar-refractivity contribution in [3.8, 4) is 11.5 Å². The average molecular weight is 429 g/mol. The van der Waals surface area contributed by atoms with Gasteiger partial charge in [-0.3, -0.25) is 24.5 Å². The topological polar surface area (TPSA) is 146 Å². The second kappa shape index (κ2) is 9.57.